The fourth-order valence-electron chi connectivity index (χ4n) is 2.39. The number of carbonyl (C=O) groups is 1. The minimum atomic E-state index is -0.406. The van der Waals surface area contributed by atoms with E-state index in [1.165, 1.54) is 0 Å². The Hall–Kier alpha value is -0.610. The van der Waals surface area contributed by atoms with E-state index in [0.29, 0.717) is 0 Å². The van der Waals surface area contributed by atoms with Gasteiger partial charge >= 0.3 is 0 Å². The monoisotopic (exact) mass is 256 g/mol. The molecule has 1 amide bonds. The number of nitrogens with two attached hydrogens (primary N) is 1. The van der Waals surface area contributed by atoms with E-state index in [9.17, 15) is 4.79 Å². The molecule has 18 heavy (non-hydrogen) atoms. The summed E-state index contributed by atoms with van der Waals surface area (Å²) in [6.45, 7) is 11.1. The molecule has 0 heterocycles. The molecule has 1 rings (SSSR count). The summed E-state index contributed by atoms with van der Waals surface area (Å²) in [6.07, 6.45) is 2.05. The highest BCUT2D eigenvalue weighted by Gasteiger charge is 2.49. The molecule has 1 aliphatic rings. The molecule has 0 spiro atoms. The maximum atomic E-state index is 12.0. The largest absolute Gasteiger partial charge is 0.378 e. The summed E-state index contributed by atoms with van der Waals surface area (Å²) < 4.78 is 5.65. The molecular weight excluding hydrogens is 228 g/mol. The third-order valence-corrected chi connectivity index (χ3v) is 4.42. The summed E-state index contributed by atoms with van der Waals surface area (Å²) in [5, 5.41) is 3.07. The fourth-order valence-corrected chi connectivity index (χ4v) is 2.39. The van der Waals surface area contributed by atoms with Crippen molar-refractivity contribution >= 4 is 5.91 Å². The number of rotatable bonds is 6. The van der Waals surface area contributed by atoms with Crippen LogP contribution in [0.1, 0.15) is 47.5 Å². The van der Waals surface area contributed by atoms with E-state index < -0.39 is 6.04 Å². The highest BCUT2D eigenvalue weighted by atomic mass is 16.5. The smallest absolute Gasteiger partial charge is 0.237 e. The van der Waals surface area contributed by atoms with Gasteiger partial charge in [-0.3, -0.25) is 4.79 Å². The van der Waals surface area contributed by atoms with Gasteiger partial charge in [-0.05, 0) is 19.3 Å². The van der Waals surface area contributed by atoms with E-state index in [1.54, 1.807) is 0 Å². The zero-order valence-corrected chi connectivity index (χ0v) is 12.3. The lowest BCUT2D eigenvalue weighted by molar-refractivity contribution is -0.138. The van der Waals surface area contributed by atoms with Gasteiger partial charge in [0.25, 0.3) is 0 Å². The van der Waals surface area contributed by atoms with Gasteiger partial charge in [0.2, 0.25) is 5.91 Å². The second-order valence-electron chi connectivity index (χ2n) is 5.97. The van der Waals surface area contributed by atoms with Crippen molar-refractivity contribution in [1.29, 1.82) is 0 Å². The lowest BCUT2D eigenvalue weighted by Gasteiger charge is -2.51. The van der Waals surface area contributed by atoms with Crippen LogP contribution in [-0.4, -0.2) is 30.7 Å². The van der Waals surface area contributed by atoms with E-state index in [1.807, 2.05) is 13.8 Å². The van der Waals surface area contributed by atoms with Crippen molar-refractivity contribution in [2.75, 3.05) is 6.61 Å². The Bertz CT molecular complexity index is 292. The van der Waals surface area contributed by atoms with Crippen LogP contribution >= 0.6 is 0 Å². The number of hydrogen-bond donors (Lipinski definition) is 2. The van der Waals surface area contributed by atoms with Crippen LogP contribution in [0.4, 0.5) is 0 Å². The maximum Gasteiger partial charge on any atom is 0.237 e. The number of amides is 1. The van der Waals surface area contributed by atoms with E-state index in [2.05, 4.69) is 26.1 Å². The van der Waals surface area contributed by atoms with Gasteiger partial charge < -0.3 is 15.8 Å². The van der Waals surface area contributed by atoms with Crippen molar-refractivity contribution in [3.8, 4) is 0 Å². The summed E-state index contributed by atoms with van der Waals surface area (Å²) in [4.78, 5) is 12.0. The Morgan fingerprint density at radius 2 is 2.11 bits per heavy atom. The summed E-state index contributed by atoms with van der Waals surface area (Å²) >= 11 is 0. The topological polar surface area (TPSA) is 64.3 Å². The minimum absolute atomic E-state index is 0.000836. The summed E-state index contributed by atoms with van der Waals surface area (Å²) in [6, 6.07) is -0.228. The molecule has 0 bridgehead atoms. The molecule has 4 atom stereocenters. The van der Waals surface area contributed by atoms with E-state index in [0.717, 1.165) is 19.4 Å². The average Bonchev–Trinajstić information content (AvgIpc) is 2.35. The molecule has 0 aromatic rings. The van der Waals surface area contributed by atoms with E-state index in [4.69, 9.17) is 10.5 Å². The van der Waals surface area contributed by atoms with E-state index >= 15 is 0 Å². The Kier molecular flexibility index (Phi) is 5.17. The molecule has 1 saturated carbocycles. The number of nitrogens with one attached hydrogen (secondary N) is 1. The molecule has 106 valence electrons. The third-order valence-electron chi connectivity index (χ3n) is 4.42. The van der Waals surface area contributed by atoms with Crippen molar-refractivity contribution in [3.05, 3.63) is 0 Å². The molecule has 0 aromatic heterocycles. The van der Waals surface area contributed by atoms with Crippen LogP contribution in [0, 0.1) is 11.3 Å². The molecule has 3 N–H and O–H groups in total. The first-order valence-electron chi connectivity index (χ1n) is 7.02. The van der Waals surface area contributed by atoms with Gasteiger partial charge in [0.05, 0.1) is 12.1 Å². The second-order valence-corrected chi connectivity index (χ2v) is 5.97. The van der Waals surface area contributed by atoms with Gasteiger partial charge in [0.1, 0.15) is 0 Å². The summed E-state index contributed by atoms with van der Waals surface area (Å²) in [7, 11) is 0. The Morgan fingerprint density at radius 1 is 1.50 bits per heavy atom. The van der Waals surface area contributed by atoms with Crippen LogP contribution in [0.15, 0.2) is 0 Å². The van der Waals surface area contributed by atoms with Gasteiger partial charge in [-0.2, -0.15) is 0 Å². The third kappa shape index (κ3) is 3.04. The van der Waals surface area contributed by atoms with Gasteiger partial charge in [-0.1, -0.05) is 34.1 Å². The first-order chi connectivity index (χ1) is 8.34. The highest BCUT2D eigenvalue weighted by molar-refractivity contribution is 5.82. The fraction of sp³-hybridized carbons (Fsp3) is 0.929. The Morgan fingerprint density at radius 3 is 2.56 bits per heavy atom. The summed E-state index contributed by atoms with van der Waals surface area (Å²) in [5.41, 5.74) is 5.94. The number of carbonyl (C=O) groups excluding carboxylic acids is 1. The highest BCUT2D eigenvalue weighted by Crippen LogP contribution is 2.42. The van der Waals surface area contributed by atoms with Crippen LogP contribution in [-0.2, 0) is 9.53 Å². The predicted octanol–water partition coefficient (Wildman–Crippen LogP) is 1.68. The predicted molar refractivity (Wildman–Crippen MR) is 73.2 cm³/mol. The molecule has 4 unspecified atom stereocenters. The summed E-state index contributed by atoms with van der Waals surface area (Å²) in [5.74, 6) is 0.188. The Labute approximate surface area is 111 Å². The van der Waals surface area contributed by atoms with Crippen molar-refractivity contribution in [2.45, 2.75) is 65.6 Å². The quantitative estimate of drug-likeness (QED) is 0.760. The van der Waals surface area contributed by atoms with Crippen LogP contribution < -0.4 is 11.1 Å². The van der Waals surface area contributed by atoms with Crippen LogP contribution in [0.5, 0.6) is 0 Å². The van der Waals surface area contributed by atoms with Crippen molar-refractivity contribution < 1.29 is 9.53 Å². The molecule has 1 fully saturated rings. The number of ether oxygens (including phenoxy) is 1. The zero-order chi connectivity index (χ0) is 13.9. The maximum absolute atomic E-state index is 12.0. The van der Waals surface area contributed by atoms with Gasteiger partial charge in [-0.25, -0.2) is 0 Å². The second kappa shape index (κ2) is 6.02. The molecule has 0 aliphatic heterocycles. The van der Waals surface area contributed by atoms with Crippen LogP contribution in [0.3, 0.4) is 0 Å². The van der Waals surface area contributed by atoms with Crippen molar-refractivity contribution in [3.63, 3.8) is 0 Å². The average molecular weight is 256 g/mol. The van der Waals surface area contributed by atoms with Gasteiger partial charge in [0, 0.05) is 18.1 Å². The first-order valence-corrected chi connectivity index (χ1v) is 7.02. The molecule has 4 heteroatoms. The minimum Gasteiger partial charge on any atom is -0.378 e. The van der Waals surface area contributed by atoms with Crippen molar-refractivity contribution in [1.82, 2.24) is 5.32 Å². The Balaban J connectivity index is 2.48. The standard InChI is InChI=1S/C14H28N2O2/c1-6-9(3)12(15)13(17)16-10-8-11(18-7-2)14(10,4)5/h9-12H,6-8,15H2,1-5H3,(H,16,17). The lowest BCUT2D eigenvalue weighted by Crippen LogP contribution is -2.64. The first kappa shape index (κ1) is 15.4. The molecule has 0 radical (unpaired) electrons. The molecule has 0 aromatic carbocycles. The van der Waals surface area contributed by atoms with Gasteiger partial charge in [-0.15, -0.1) is 0 Å². The molecule has 4 nitrogen and oxygen atoms in total. The van der Waals surface area contributed by atoms with Crippen molar-refractivity contribution in [2.24, 2.45) is 17.1 Å². The lowest BCUT2D eigenvalue weighted by atomic mass is 9.64. The zero-order valence-electron chi connectivity index (χ0n) is 12.3. The van der Waals surface area contributed by atoms with Gasteiger partial charge in [0.15, 0.2) is 0 Å². The SMILES string of the molecule is CCOC1CC(NC(=O)C(N)C(C)CC)C1(C)C. The molecule has 1 aliphatic carbocycles. The van der Waals surface area contributed by atoms with Crippen LogP contribution in [0.25, 0.3) is 0 Å². The van der Waals surface area contributed by atoms with E-state index in [-0.39, 0.29) is 29.4 Å². The van der Waals surface area contributed by atoms with Crippen LogP contribution in [0.2, 0.25) is 0 Å². The normalized spacial score (nSPS) is 29.2. The number of hydrogen-bond acceptors (Lipinski definition) is 3. The molecule has 0 saturated heterocycles. The molecular formula is C14H28N2O2.